The molecule has 0 amide bonds. The highest BCUT2D eigenvalue weighted by Crippen LogP contribution is 2.61. The molecule has 67 heavy (non-hydrogen) atoms. The highest BCUT2D eigenvalue weighted by atomic mass is 15.0. The Morgan fingerprint density at radius 1 is 0.194 bits per heavy atom. The fourth-order valence-electron chi connectivity index (χ4n) is 10.8. The predicted octanol–water partition coefficient (Wildman–Crippen LogP) is 15.9. The van der Waals surface area contributed by atoms with Gasteiger partial charge >= 0.3 is 0 Å². The van der Waals surface area contributed by atoms with Crippen LogP contribution >= 0.6 is 0 Å². The molecule has 13 rings (SSSR count). The van der Waals surface area contributed by atoms with Gasteiger partial charge in [-0.1, -0.05) is 224 Å². The zero-order valence-corrected chi connectivity index (χ0v) is 36.5. The molecule has 0 saturated carbocycles. The first-order chi connectivity index (χ1) is 33.2. The number of benzene rings is 10. The summed E-state index contributed by atoms with van der Waals surface area (Å²) in [5, 5.41) is 0. The molecule has 1 aromatic heterocycles. The van der Waals surface area contributed by atoms with Crippen LogP contribution < -0.4 is 0 Å². The zero-order chi connectivity index (χ0) is 44.3. The Labute approximate surface area is 390 Å². The summed E-state index contributed by atoms with van der Waals surface area (Å²) in [5.41, 5.74) is 21.1. The summed E-state index contributed by atoms with van der Waals surface area (Å²) >= 11 is 0. The van der Waals surface area contributed by atoms with E-state index in [2.05, 4.69) is 249 Å². The summed E-state index contributed by atoms with van der Waals surface area (Å²) in [6.45, 7) is 0. The monoisotopic (exact) mass is 851 g/mol. The molecule has 2 aliphatic rings. The highest BCUT2D eigenvalue weighted by Gasteiger charge is 2.49. The lowest BCUT2D eigenvalue weighted by Gasteiger charge is -2.35. The summed E-state index contributed by atoms with van der Waals surface area (Å²) in [4.78, 5) is 16.4. The Morgan fingerprint density at radius 2 is 0.552 bits per heavy atom. The normalized spacial score (nSPS) is 12.6. The molecule has 0 saturated heterocycles. The summed E-state index contributed by atoms with van der Waals surface area (Å²) < 4.78 is 0. The average Bonchev–Trinajstić information content (AvgIpc) is 3.66. The maximum absolute atomic E-state index is 5.51. The van der Waals surface area contributed by atoms with Crippen LogP contribution in [0.3, 0.4) is 0 Å². The standard InChI is InChI=1S/C64H41N3/c1-4-20-42(21-5-1)46-38-47(43-22-6-2-7-23-43)40-48(39-46)62-65-61(66-63(67-62)56-32-13-10-26-49(56)44-24-8-3-9-25-44)45-36-37-55-51-28-12-11-27-50(51)52-29-14-17-33-57(52)64(60(55)41-45)58-34-18-15-30-53(58)54-31-16-19-35-59(54)64/h1-41H. The number of aromatic nitrogens is 3. The van der Waals surface area contributed by atoms with Gasteiger partial charge in [0.2, 0.25) is 0 Å². The minimum absolute atomic E-state index is 0.606. The van der Waals surface area contributed by atoms with E-state index in [4.69, 9.17) is 15.0 Å². The smallest absolute Gasteiger partial charge is 0.164 e. The maximum Gasteiger partial charge on any atom is 0.164 e. The third-order valence-electron chi connectivity index (χ3n) is 13.8. The van der Waals surface area contributed by atoms with Crippen LogP contribution in [0.2, 0.25) is 0 Å². The molecule has 3 nitrogen and oxygen atoms in total. The van der Waals surface area contributed by atoms with Crippen LogP contribution in [0, 0.1) is 0 Å². The van der Waals surface area contributed by atoms with Gasteiger partial charge in [0.15, 0.2) is 17.5 Å². The van der Waals surface area contributed by atoms with Crippen LogP contribution in [-0.4, -0.2) is 15.0 Å². The molecular formula is C64H41N3. The first-order valence-corrected chi connectivity index (χ1v) is 22.9. The summed E-state index contributed by atoms with van der Waals surface area (Å²) in [5.74, 6) is 1.83. The van der Waals surface area contributed by atoms with Crippen molar-refractivity contribution in [1.29, 1.82) is 0 Å². The fraction of sp³-hybridized carbons (Fsp3) is 0.0156. The van der Waals surface area contributed by atoms with Gasteiger partial charge in [-0.05, 0) is 113 Å². The van der Waals surface area contributed by atoms with Crippen molar-refractivity contribution < 1.29 is 0 Å². The van der Waals surface area contributed by atoms with Gasteiger partial charge in [0.1, 0.15) is 0 Å². The predicted molar refractivity (Wildman–Crippen MR) is 274 cm³/mol. The van der Waals surface area contributed by atoms with Crippen molar-refractivity contribution in [3.8, 4) is 101 Å². The Kier molecular flexibility index (Phi) is 9.07. The molecule has 0 aliphatic heterocycles. The number of fused-ring (bicyclic) bond motifs is 12. The van der Waals surface area contributed by atoms with Crippen LogP contribution in [0.25, 0.3) is 101 Å². The van der Waals surface area contributed by atoms with Gasteiger partial charge < -0.3 is 0 Å². The van der Waals surface area contributed by atoms with Crippen LogP contribution in [0.15, 0.2) is 249 Å². The van der Waals surface area contributed by atoms with E-state index in [1.165, 1.54) is 55.6 Å². The number of hydrogen-bond acceptors (Lipinski definition) is 3. The van der Waals surface area contributed by atoms with Gasteiger partial charge in [0.05, 0.1) is 5.41 Å². The summed E-state index contributed by atoms with van der Waals surface area (Å²) in [6.07, 6.45) is 0. The van der Waals surface area contributed by atoms with Gasteiger partial charge in [0.25, 0.3) is 0 Å². The van der Waals surface area contributed by atoms with Crippen molar-refractivity contribution >= 4 is 0 Å². The van der Waals surface area contributed by atoms with Crippen molar-refractivity contribution in [1.82, 2.24) is 15.0 Å². The molecule has 0 atom stereocenters. The van der Waals surface area contributed by atoms with E-state index in [0.717, 1.165) is 50.1 Å². The highest BCUT2D eigenvalue weighted by molar-refractivity contribution is 5.98. The molecule has 11 aromatic rings. The Hall–Kier alpha value is -8.79. The molecule has 312 valence electrons. The lowest BCUT2D eigenvalue weighted by atomic mass is 9.65. The lowest BCUT2D eigenvalue weighted by molar-refractivity contribution is 0.775. The molecule has 0 bridgehead atoms. The van der Waals surface area contributed by atoms with Crippen LogP contribution in [0.5, 0.6) is 0 Å². The van der Waals surface area contributed by atoms with E-state index in [1.807, 2.05) is 0 Å². The Bertz CT molecular complexity index is 3590. The first kappa shape index (κ1) is 38.6. The zero-order valence-electron chi connectivity index (χ0n) is 36.5. The molecule has 0 radical (unpaired) electrons. The molecule has 2 aliphatic carbocycles. The van der Waals surface area contributed by atoms with Gasteiger partial charge in [-0.3, -0.25) is 0 Å². The van der Waals surface area contributed by atoms with Crippen molar-refractivity contribution in [3.05, 3.63) is 271 Å². The number of rotatable bonds is 6. The number of hydrogen-bond donors (Lipinski definition) is 0. The molecule has 3 heteroatoms. The molecular weight excluding hydrogens is 811 g/mol. The second-order valence-electron chi connectivity index (χ2n) is 17.4. The second-order valence-corrected chi connectivity index (χ2v) is 17.4. The van der Waals surface area contributed by atoms with E-state index < -0.39 is 5.41 Å². The van der Waals surface area contributed by atoms with Crippen molar-refractivity contribution in [2.24, 2.45) is 0 Å². The van der Waals surface area contributed by atoms with E-state index in [0.29, 0.717) is 17.5 Å². The van der Waals surface area contributed by atoms with Crippen LogP contribution in [-0.2, 0) is 5.41 Å². The topological polar surface area (TPSA) is 38.7 Å². The molecule has 0 unspecified atom stereocenters. The molecule has 1 heterocycles. The summed E-state index contributed by atoms with van der Waals surface area (Å²) in [7, 11) is 0. The van der Waals surface area contributed by atoms with Crippen LogP contribution in [0.1, 0.15) is 22.3 Å². The molecule has 0 N–H and O–H groups in total. The SMILES string of the molecule is c1ccc(-c2cc(-c3ccccc3)cc(-c3nc(-c4ccc5c(c4)C4(c6ccccc6-c6ccccc6-5)c5ccccc5-c5ccccc54)nc(-c4ccccc4-c4ccccc4)n3)c2)cc1. The van der Waals surface area contributed by atoms with Crippen molar-refractivity contribution in [2.45, 2.75) is 5.41 Å². The minimum atomic E-state index is -0.638. The Balaban J connectivity index is 1.11. The first-order valence-electron chi connectivity index (χ1n) is 22.9. The van der Waals surface area contributed by atoms with Gasteiger partial charge in [-0.25, -0.2) is 15.0 Å². The number of nitrogens with zero attached hydrogens (tertiary/aromatic N) is 3. The molecule has 0 fully saturated rings. The van der Waals surface area contributed by atoms with Gasteiger partial charge in [-0.15, -0.1) is 0 Å². The maximum atomic E-state index is 5.51. The summed E-state index contributed by atoms with van der Waals surface area (Å²) in [6, 6.07) is 89.6. The quantitative estimate of drug-likeness (QED) is 0.167. The minimum Gasteiger partial charge on any atom is -0.208 e. The van der Waals surface area contributed by atoms with E-state index in [9.17, 15) is 0 Å². The third-order valence-corrected chi connectivity index (χ3v) is 13.8. The van der Waals surface area contributed by atoms with Gasteiger partial charge in [0, 0.05) is 16.7 Å². The van der Waals surface area contributed by atoms with Gasteiger partial charge in [-0.2, -0.15) is 0 Å². The van der Waals surface area contributed by atoms with E-state index in [1.54, 1.807) is 0 Å². The average molecular weight is 852 g/mol. The second kappa shape index (κ2) is 15.7. The van der Waals surface area contributed by atoms with Crippen molar-refractivity contribution in [2.75, 3.05) is 0 Å². The largest absolute Gasteiger partial charge is 0.208 e. The lowest BCUT2D eigenvalue weighted by Crippen LogP contribution is -2.29. The molecule has 10 aromatic carbocycles. The van der Waals surface area contributed by atoms with Crippen LogP contribution in [0.4, 0.5) is 0 Å². The van der Waals surface area contributed by atoms with E-state index in [-0.39, 0.29) is 0 Å². The molecule has 1 spiro atoms. The Morgan fingerprint density at radius 3 is 1.07 bits per heavy atom. The van der Waals surface area contributed by atoms with E-state index >= 15 is 0 Å². The third kappa shape index (κ3) is 6.24. The van der Waals surface area contributed by atoms with Crippen molar-refractivity contribution in [3.63, 3.8) is 0 Å². The fourth-order valence-corrected chi connectivity index (χ4v) is 10.8.